The fraction of sp³-hybridized carbons (Fsp3) is 0.333. The fourth-order valence-corrected chi connectivity index (χ4v) is 4.98. The molecule has 1 fully saturated rings. The van der Waals surface area contributed by atoms with Crippen molar-refractivity contribution in [3.63, 3.8) is 0 Å². The summed E-state index contributed by atoms with van der Waals surface area (Å²) < 4.78 is 7.32. The highest BCUT2D eigenvalue weighted by Crippen LogP contribution is 2.32. The lowest BCUT2D eigenvalue weighted by Crippen LogP contribution is -2.47. The molecule has 202 valence electrons. The summed E-state index contributed by atoms with van der Waals surface area (Å²) in [4.78, 5) is 31.7. The van der Waals surface area contributed by atoms with Gasteiger partial charge in [0.05, 0.1) is 11.6 Å². The summed E-state index contributed by atoms with van der Waals surface area (Å²) in [7, 11) is 3.93. The molecule has 0 unspecified atom stereocenters. The molecule has 2 heterocycles. The first kappa shape index (κ1) is 26.4. The van der Waals surface area contributed by atoms with Crippen LogP contribution in [0.5, 0.6) is 0 Å². The molecule has 5 rings (SSSR count). The molecule has 0 bridgehead atoms. The SMILES string of the molecule is Cc1ccccc1N(C(=O)Cn1nnc2ccccc21)[C@@H](C(=O)NC[C@@H]1CCCO1)c1ccc(N(C)C)cc1. The van der Waals surface area contributed by atoms with Gasteiger partial charge in [-0.1, -0.05) is 47.7 Å². The number of amides is 2. The van der Waals surface area contributed by atoms with E-state index in [4.69, 9.17) is 4.74 Å². The molecule has 0 spiro atoms. The van der Waals surface area contributed by atoms with Crippen LogP contribution in [0.4, 0.5) is 11.4 Å². The fourth-order valence-electron chi connectivity index (χ4n) is 4.98. The van der Waals surface area contributed by atoms with E-state index in [9.17, 15) is 9.59 Å². The number of hydrogen-bond donors (Lipinski definition) is 1. The zero-order valence-corrected chi connectivity index (χ0v) is 22.6. The zero-order valence-electron chi connectivity index (χ0n) is 22.6. The van der Waals surface area contributed by atoms with Gasteiger partial charge in [-0.2, -0.15) is 0 Å². The topological polar surface area (TPSA) is 92.6 Å². The number of para-hydroxylation sites is 2. The number of hydrogen-bond acceptors (Lipinski definition) is 6. The molecule has 1 N–H and O–H groups in total. The minimum atomic E-state index is -0.897. The van der Waals surface area contributed by atoms with Crippen LogP contribution in [-0.4, -0.2) is 60.2 Å². The van der Waals surface area contributed by atoms with Crippen LogP contribution in [0.25, 0.3) is 11.0 Å². The maximum absolute atomic E-state index is 14.2. The zero-order chi connectivity index (χ0) is 27.4. The van der Waals surface area contributed by atoms with Gasteiger partial charge in [-0.15, -0.1) is 5.10 Å². The number of rotatable bonds is 9. The Morgan fingerprint density at radius 1 is 1.05 bits per heavy atom. The summed E-state index contributed by atoms with van der Waals surface area (Å²) in [5.41, 5.74) is 4.73. The lowest BCUT2D eigenvalue weighted by molar-refractivity contribution is -0.127. The van der Waals surface area contributed by atoms with Gasteiger partial charge in [0, 0.05) is 38.6 Å². The van der Waals surface area contributed by atoms with Crippen LogP contribution in [0.3, 0.4) is 0 Å². The first-order valence-electron chi connectivity index (χ1n) is 13.2. The Bertz CT molecular complexity index is 1440. The monoisotopic (exact) mass is 526 g/mol. The van der Waals surface area contributed by atoms with Crippen LogP contribution in [0.1, 0.15) is 30.0 Å². The molecular weight excluding hydrogens is 492 g/mol. The number of nitrogens with one attached hydrogen (secondary N) is 1. The highest BCUT2D eigenvalue weighted by Gasteiger charge is 2.34. The molecule has 1 aliphatic heterocycles. The van der Waals surface area contributed by atoms with Gasteiger partial charge in [0.2, 0.25) is 11.8 Å². The Labute approximate surface area is 228 Å². The van der Waals surface area contributed by atoms with Crippen LogP contribution in [-0.2, 0) is 20.9 Å². The van der Waals surface area contributed by atoms with E-state index >= 15 is 0 Å². The molecular formula is C30H34N6O3. The van der Waals surface area contributed by atoms with E-state index in [2.05, 4.69) is 15.6 Å². The third kappa shape index (κ3) is 5.78. The predicted molar refractivity (Wildman–Crippen MR) is 152 cm³/mol. The van der Waals surface area contributed by atoms with E-state index in [-0.39, 0.29) is 24.5 Å². The lowest BCUT2D eigenvalue weighted by Gasteiger charge is -2.33. The number of aromatic nitrogens is 3. The maximum Gasteiger partial charge on any atom is 0.249 e. The van der Waals surface area contributed by atoms with E-state index in [1.807, 2.05) is 98.7 Å². The lowest BCUT2D eigenvalue weighted by atomic mass is 10.0. The maximum atomic E-state index is 14.2. The highest BCUT2D eigenvalue weighted by molar-refractivity contribution is 6.02. The van der Waals surface area contributed by atoms with Crippen molar-refractivity contribution in [1.82, 2.24) is 20.3 Å². The summed E-state index contributed by atoms with van der Waals surface area (Å²) in [5, 5.41) is 11.5. The van der Waals surface area contributed by atoms with E-state index < -0.39 is 6.04 Å². The standard InChI is InChI=1S/C30H34N6O3/c1-21-9-4-6-12-26(21)36(28(37)20-35-27-13-7-5-11-25(27)32-33-35)29(22-14-16-23(17-15-22)34(2)3)30(38)31-19-24-10-8-18-39-24/h4-7,9,11-17,24,29H,8,10,18-20H2,1-3H3,(H,31,38)/t24-,29+/m0/s1. The number of nitrogens with zero attached hydrogens (tertiary/aromatic N) is 5. The number of carbonyl (C=O) groups excluding carboxylic acids is 2. The third-order valence-electron chi connectivity index (χ3n) is 7.11. The van der Waals surface area contributed by atoms with E-state index in [1.54, 1.807) is 9.58 Å². The minimum Gasteiger partial charge on any atom is -0.378 e. The number of benzene rings is 3. The summed E-state index contributed by atoms with van der Waals surface area (Å²) >= 11 is 0. The average molecular weight is 527 g/mol. The summed E-state index contributed by atoms with van der Waals surface area (Å²) in [6.07, 6.45) is 1.87. The molecule has 39 heavy (non-hydrogen) atoms. The highest BCUT2D eigenvalue weighted by atomic mass is 16.5. The van der Waals surface area contributed by atoms with Gasteiger partial charge in [-0.3, -0.25) is 14.5 Å². The van der Waals surface area contributed by atoms with Gasteiger partial charge < -0.3 is 15.0 Å². The molecule has 0 saturated carbocycles. The average Bonchev–Trinajstić information content (AvgIpc) is 3.61. The second-order valence-electron chi connectivity index (χ2n) is 10.1. The van der Waals surface area contributed by atoms with Crippen molar-refractivity contribution >= 4 is 34.2 Å². The largest absolute Gasteiger partial charge is 0.378 e. The van der Waals surface area contributed by atoms with Crippen molar-refractivity contribution in [3.8, 4) is 0 Å². The number of fused-ring (bicyclic) bond motifs is 1. The van der Waals surface area contributed by atoms with Gasteiger partial charge in [-0.25, -0.2) is 4.68 Å². The Hall–Kier alpha value is -4.24. The third-order valence-corrected chi connectivity index (χ3v) is 7.11. The van der Waals surface area contributed by atoms with E-state index in [1.165, 1.54) is 0 Å². The molecule has 0 aliphatic carbocycles. The number of aryl methyl sites for hydroxylation is 1. The molecule has 9 heteroatoms. The van der Waals surface area contributed by atoms with Gasteiger partial charge in [0.15, 0.2) is 0 Å². The first-order valence-corrected chi connectivity index (χ1v) is 13.2. The molecule has 1 aliphatic rings. The second kappa shape index (κ2) is 11.7. The van der Waals surface area contributed by atoms with Gasteiger partial charge in [-0.05, 0) is 61.2 Å². The molecule has 3 aromatic carbocycles. The molecule has 0 radical (unpaired) electrons. The minimum absolute atomic E-state index is 0.0187. The van der Waals surface area contributed by atoms with Gasteiger partial charge in [0.25, 0.3) is 0 Å². The first-order chi connectivity index (χ1) is 18.9. The quantitative estimate of drug-likeness (QED) is 0.356. The molecule has 1 aromatic heterocycles. The van der Waals surface area contributed by atoms with Crippen molar-refractivity contribution in [2.75, 3.05) is 37.0 Å². The molecule has 2 amide bonds. The van der Waals surface area contributed by atoms with Crippen molar-refractivity contribution < 1.29 is 14.3 Å². The van der Waals surface area contributed by atoms with Crippen LogP contribution >= 0.6 is 0 Å². The van der Waals surface area contributed by atoms with Gasteiger partial charge >= 0.3 is 0 Å². The van der Waals surface area contributed by atoms with Gasteiger partial charge in [0.1, 0.15) is 18.1 Å². The summed E-state index contributed by atoms with van der Waals surface area (Å²) in [6.45, 7) is 2.97. The molecule has 4 aromatic rings. The normalized spacial score (nSPS) is 15.7. The van der Waals surface area contributed by atoms with Crippen LogP contribution in [0.15, 0.2) is 72.8 Å². The Morgan fingerprint density at radius 3 is 2.51 bits per heavy atom. The van der Waals surface area contributed by atoms with Crippen molar-refractivity contribution in [2.45, 2.75) is 38.5 Å². The van der Waals surface area contributed by atoms with Crippen LogP contribution in [0.2, 0.25) is 0 Å². The second-order valence-corrected chi connectivity index (χ2v) is 10.1. The molecule has 9 nitrogen and oxygen atoms in total. The Morgan fingerprint density at radius 2 is 1.79 bits per heavy atom. The number of anilines is 2. The molecule has 2 atom stereocenters. The van der Waals surface area contributed by atoms with E-state index in [0.29, 0.717) is 29.9 Å². The Balaban J connectivity index is 1.55. The number of ether oxygens (including phenoxy) is 1. The van der Waals surface area contributed by atoms with E-state index in [0.717, 1.165) is 29.6 Å². The summed E-state index contributed by atoms with van der Waals surface area (Å²) in [6, 6.07) is 22.0. The smallest absolute Gasteiger partial charge is 0.249 e. The van der Waals surface area contributed by atoms with Crippen molar-refractivity contribution in [3.05, 3.63) is 83.9 Å². The van der Waals surface area contributed by atoms with Crippen LogP contribution in [0, 0.1) is 6.92 Å². The predicted octanol–water partition coefficient (Wildman–Crippen LogP) is 3.88. The molecule has 1 saturated heterocycles. The summed E-state index contributed by atoms with van der Waals surface area (Å²) in [5.74, 6) is -0.530. The Kier molecular flexibility index (Phi) is 7.88. The van der Waals surface area contributed by atoms with Crippen LogP contribution < -0.4 is 15.1 Å². The van der Waals surface area contributed by atoms with Crippen molar-refractivity contribution in [2.24, 2.45) is 0 Å². The number of carbonyl (C=O) groups is 2. The van der Waals surface area contributed by atoms with Crippen molar-refractivity contribution in [1.29, 1.82) is 0 Å².